The number of fused-ring (bicyclic) bond motifs is 1. The Morgan fingerprint density at radius 1 is 1.43 bits per heavy atom. The van der Waals surface area contributed by atoms with E-state index < -0.39 is 12.2 Å². The summed E-state index contributed by atoms with van der Waals surface area (Å²) in [6.45, 7) is 4.46. The summed E-state index contributed by atoms with van der Waals surface area (Å²) in [5.74, 6) is 0.580. The number of hydrogen-bond donors (Lipinski definition) is 2. The topological polar surface area (TPSA) is 40.5 Å². The van der Waals surface area contributed by atoms with E-state index in [0.717, 1.165) is 12.8 Å². The number of rotatable bonds is 0. The first-order valence-corrected chi connectivity index (χ1v) is 5.61. The van der Waals surface area contributed by atoms with Crippen molar-refractivity contribution in [2.24, 2.45) is 11.3 Å². The van der Waals surface area contributed by atoms with E-state index in [2.05, 4.69) is 13.8 Å². The quantitative estimate of drug-likeness (QED) is 0.581. The Morgan fingerprint density at radius 2 is 2.14 bits per heavy atom. The van der Waals surface area contributed by atoms with Gasteiger partial charge in [-0.05, 0) is 30.6 Å². The molecule has 0 radical (unpaired) electrons. The van der Waals surface area contributed by atoms with Crippen molar-refractivity contribution in [1.29, 1.82) is 0 Å². The van der Waals surface area contributed by atoms with Crippen LogP contribution in [0.15, 0.2) is 11.6 Å². The third-order valence-electron chi connectivity index (χ3n) is 4.00. The molecule has 2 rings (SSSR count). The summed E-state index contributed by atoms with van der Waals surface area (Å²) in [4.78, 5) is 0. The average Bonchev–Trinajstić information content (AvgIpc) is 2.09. The van der Waals surface area contributed by atoms with Gasteiger partial charge >= 0.3 is 0 Å². The van der Waals surface area contributed by atoms with Crippen LogP contribution in [0.1, 0.15) is 39.5 Å². The molecule has 0 aromatic rings. The molecule has 14 heavy (non-hydrogen) atoms. The Kier molecular flexibility index (Phi) is 2.44. The molecule has 2 N–H and O–H groups in total. The number of aliphatic hydroxyl groups excluding tert-OH is 2. The molecule has 4 atom stereocenters. The Balaban J connectivity index is 2.32. The minimum Gasteiger partial charge on any atom is -0.390 e. The van der Waals surface area contributed by atoms with Crippen molar-refractivity contribution < 1.29 is 10.2 Å². The molecular formula is C12H20O2. The summed E-state index contributed by atoms with van der Waals surface area (Å²) >= 11 is 0. The van der Waals surface area contributed by atoms with Gasteiger partial charge in [0, 0.05) is 0 Å². The fourth-order valence-corrected chi connectivity index (χ4v) is 3.16. The molecule has 0 spiro atoms. The highest BCUT2D eigenvalue weighted by Crippen LogP contribution is 2.49. The second kappa shape index (κ2) is 3.35. The van der Waals surface area contributed by atoms with Crippen molar-refractivity contribution >= 4 is 0 Å². The molecule has 0 saturated heterocycles. The van der Waals surface area contributed by atoms with Crippen LogP contribution in [0.2, 0.25) is 0 Å². The standard InChI is InChI=1S/C12H20O2/c1-8-4-3-5-12(2)7-11(14)10(13)6-9(8)12/h6,8,10-11,13-14H,3-5,7H2,1-2H3/t8-,10+,11-,12+/m0/s1. The van der Waals surface area contributed by atoms with Gasteiger partial charge in [0.2, 0.25) is 0 Å². The summed E-state index contributed by atoms with van der Waals surface area (Å²) < 4.78 is 0. The first kappa shape index (κ1) is 10.2. The van der Waals surface area contributed by atoms with Gasteiger partial charge in [0.1, 0.15) is 0 Å². The highest BCUT2D eigenvalue weighted by molar-refractivity contribution is 5.24. The summed E-state index contributed by atoms with van der Waals surface area (Å²) in [5.41, 5.74) is 1.53. The van der Waals surface area contributed by atoms with Crippen molar-refractivity contribution in [1.82, 2.24) is 0 Å². The van der Waals surface area contributed by atoms with Crippen LogP contribution in [0.3, 0.4) is 0 Å². The molecule has 2 nitrogen and oxygen atoms in total. The minimum absolute atomic E-state index is 0.149. The lowest BCUT2D eigenvalue weighted by Gasteiger charge is -2.45. The maximum atomic E-state index is 9.67. The molecule has 2 aliphatic carbocycles. The zero-order chi connectivity index (χ0) is 10.3. The maximum Gasteiger partial charge on any atom is 0.0983 e. The summed E-state index contributed by atoms with van der Waals surface area (Å²) in [6, 6.07) is 0. The summed E-state index contributed by atoms with van der Waals surface area (Å²) in [5, 5.41) is 19.3. The molecule has 0 unspecified atom stereocenters. The molecule has 0 aromatic heterocycles. The van der Waals surface area contributed by atoms with E-state index in [1.165, 1.54) is 18.4 Å². The van der Waals surface area contributed by atoms with Crippen LogP contribution in [0, 0.1) is 11.3 Å². The molecule has 2 aliphatic rings. The van der Waals surface area contributed by atoms with Gasteiger partial charge in [0.05, 0.1) is 12.2 Å². The second-order valence-corrected chi connectivity index (χ2v) is 5.24. The monoisotopic (exact) mass is 196 g/mol. The van der Waals surface area contributed by atoms with Crippen LogP contribution < -0.4 is 0 Å². The molecule has 1 saturated carbocycles. The van der Waals surface area contributed by atoms with Gasteiger partial charge in [0.25, 0.3) is 0 Å². The fourth-order valence-electron chi connectivity index (χ4n) is 3.16. The Hall–Kier alpha value is -0.340. The third-order valence-corrected chi connectivity index (χ3v) is 4.00. The van der Waals surface area contributed by atoms with Crippen molar-refractivity contribution in [3.63, 3.8) is 0 Å². The van der Waals surface area contributed by atoms with Crippen molar-refractivity contribution in [3.8, 4) is 0 Å². The molecule has 1 fully saturated rings. The highest BCUT2D eigenvalue weighted by atomic mass is 16.3. The van der Waals surface area contributed by atoms with Crippen LogP contribution in [0.5, 0.6) is 0 Å². The molecule has 0 aromatic carbocycles. The minimum atomic E-state index is -0.640. The molecule has 0 aliphatic heterocycles. The second-order valence-electron chi connectivity index (χ2n) is 5.24. The lowest BCUT2D eigenvalue weighted by atomic mass is 9.61. The fraction of sp³-hybridized carbons (Fsp3) is 0.833. The zero-order valence-electron chi connectivity index (χ0n) is 9.03. The smallest absolute Gasteiger partial charge is 0.0983 e. The molecule has 0 bridgehead atoms. The van der Waals surface area contributed by atoms with Gasteiger partial charge in [-0.25, -0.2) is 0 Å². The van der Waals surface area contributed by atoms with Crippen molar-refractivity contribution in [2.75, 3.05) is 0 Å². The lowest BCUT2D eigenvalue weighted by Crippen LogP contribution is -2.41. The van der Waals surface area contributed by atoms with Crippen molar-refractivity contribution in [2.45, 2.75) is 51.7 Å². The van der Waals surface area contributed by atoms with Gasteiger partial charge in [-0.2, -0.15) is 0 Å². The summed E-state index contributed by atoms with van der Waals surface area (Å²) in [7, 11) is 0. The van der Waals surface area contributed by atoms with Crippen LogP contribution in [0.25, 0.3) is 0 Å². The molecule has 0 amide bonds. The predicted molar refractivity (Wildman–Crippen MR) is 55.8 cm³/mol. The van der Waals surface area contributed by atoms with E-state index in [4.69, 9.17) is 0 Å². The van der Waals surface area contributed by atoms with Gasteiger partial charge in [-0.1, -0.05) is 31.9 Å². The van der Waals surface area contributed by atoms with Crippen LogP contribution in [-0.4, -0.2) is 22.4 Å². The average molecular weight is 196 g/mol. The van der Waals surface area contributed by atoms with E-state index >= 15 is 0 Å². The first-order chi connectivity index (χ1) is 6.53. The van der Waals surface area contributed by atoms with Crippen LogP contribution in [-0.2, 0) is 0 Å². The molecule has 2 heteroatoms. The molecule has 80 valence electrons. The third kappa shape index (κ3) is 1.51. The largest absolute Gasteiger partial charge is 0.390 e. The zero-order valence-corrected chi connectivity index (χ0v) is 9.03. The van der Waals surface area contributed by atoms with E-state index in [1.54, 1.807) is 0 Å². The van der Waals surface area contributed by atoms with E-state index in [1.807, 2.05) is 6.08 Å². The number of allylic oxidation sites excluding steroid dienone is 1. The number of aliphatic hydroxyl groups is 2. The molecule has 0 heterocycles. The van der Waals surface area contributed by atoms with Crippen LogP contribution in [0.4, 0.5) is 0 Å². The van der Waals surface area contributed by atoms with Gasteiger partial charge < -0.3 is 10.2 Å². The Labute approximate surface area is 85.6 Å². The van der Waals surface area contributed by atoms with Crippen LogP contribution >= 0.6 is 0 Å². The predicted octanol–water partition coefficient (Wildman–Crippen LogP) is 1.86. The first-order valence-electron chi connectivity index (χ1n) is 5.61. The maximum absolute atomic E-state index is 9.67. The number of hydrogen-bond acceptors (Lipinski definition) is 2. The van der Waals surface area contributed by atoms with E-state index in [0.29, 0.717) is 5.92 Å². The van der Waals surface area contributed by atoms with E-state index in [-0.39, 0.29) is 5.41 Å². The van der Waals surface area contributed by atoms with Crippen molar-refractivity contribution in [3.05, 3.63) is 11.6 Å². The van der Waals surface area contributed by atoms with Gasteiger partial charge in [-0.15, -0.1) is 0 Å². The normalized spacial score (nSPS) is 48.3. The Bertz CT molecular complexity index is 259. The SMILES string of the molecule is C[C@H]1CCC[C@]2(C)C[C@H](O)[C@H](O)C=C12. The lowest BCUT2D eigenvalue weighted by molar-refractivity contribution is 0.000163. The Morgan fingerprint density at radius 3 is 2.86 bits per heavy atom. The van der Waals surface area contributed by atoms with Gasteiger partial charge in [-0.3, -0.25) is 0 Å². The summed E-state index contributed by atoms with van der Waals surface area (Å²) in [6.07, 6.45) is 5.06. The van der Waals surface area contributed by atoms with E-state index in [9.17, 15) is 10.2 Å². The molecular weight excluding hydrogens is 176 g/mol. The van der Waals surface area contributed by atoms with Gasteiger partial charge in [0.15, 0.2) is 0 Å². The highest BCUT2D eigenvalue weighted by Gasteiger charge is 2.41.